The summed E-state index contributed by atoms with van der Waals surface area (Å²) < 4.78 is 0. The van der Waals surface area contributed by atoms with E-state index in [1.54, 1.807) is 0 Å². The highest BCUT2D eigenvalue weighted by Crippen LogP contribution is 2.04. The number of nitrogens with one attached hydrogen (secondary N) is 1. The summed E-state index contributed by atoms with van der Waals surface area (Å²) >= 11 is 0. The van der Waals surface area contributed by atoms with Gasteiger partial charge in [-0.3, -0.25) is 9.89 Å². The Balaban J connectivity index is 2.21. The zero-order valence-corrected chi connectivity index (χ0v) is 10.6. The molecule has 0 aromatic carbocycles. The standard InChI is InChI=1S/C12H25N3/c1-10(2)15(11(3)4)9-8-14-12-6-5-7-13-12/h10-11H,5-9H2,1-4H3,(H,13,14). The Morgan fingerprint density at radius 2 is 1.93 bits per heavy atom. The molecule has 0 fully saturated rings. The lowest BCUT2D eigenvalue weighted by atomic mass is 10.2. The van der Waals surface area contributed by atoms with Crippen LogP contribution in [0, 0.1) is 0 Å². The van der Waals surface area contributed by atoms with Crippen molar-refractivity contribution in [2.75, 3.05) is 19.6 Å². The molecule has 0 radical (unpaired) electrons. The number of hydrogen-bond donors (Lipinski definition) is 1. The maximum absolute atomic E-state index is 4.41. The zero-order chi connectivity index (χ0) is 11.3. The average Bonchev–Trinajstić information content (AvgIpc) is 2.63. The second-order valence-corrected chi connectivity index (χ2v) is 4.78. The van der Waals surface area contributed by atoms with E-state index in [2.05, 4.69) is 42.9 Å². The van der Waals surface area contributed by atoms with Gasteiger partial charge in [0.15, 0.2) is 0 Å². The average molecular weight is 211 g/mol. The second-order valence-electron chi connectivity index (χ2n) is 4.78. The SMILES string of the molecule is CC(C)N(CCNC1=NCCC1)C(C)C. The molecule has 15 heavy (non-hydrogen) atoms. The summed E-state index contributed by atoms with van der Waals surface area (Å²) in [4.78, 5) is 6.91. The minimum absolute atomic E-state index is 0.623. The van der Waals surface area contributed by atoms with Gasteiger partial charge in [0.1, 0.15) is 0 Å². The van der Waals surface area contributed by atoms with E-state index < -0.39 is 0 Å². The van der Waals surface area contributed by atoms with Crippen molar-refractivity contribution in [2.24, 2.45) is 4.99 Å². The van der Waals surface area contributed by atoms with Gasteiger partial charge in [-0.2, -0.15) is 0 Å². The highest BCUT2D eigenvalue weighted by Gasteiger charge is 2.13. The predicted molar refractivity (Wildman–Crippen MR) is 66.5 cm³/mol. The van der Waals surface area contributed by atoms with Crippen molar-refractivity contribution >= 4 is 5.84 Å². The molecule has 0 saturated heterocycles. The van der Waals surface area contributed by atoms with Crippen molar-refractivity contribution in [2.45, 2.75) is 52.6 Å². The lowest BCUT2D eigenvalue weighted by Crippen LogP contribution is -2.42. The molecule has 0 aromatic heterocycles. The Morgan fingerprint density at radius 3 is 2.40 bits per heavy atom. The minimum Gasteiger partial charge on any atom is -0.373 e. The minimum atomic E-state index is 0.623. The molecule has 1 aliphatic rings. The van der Waals surface area contributed by atoms with E-state index in [0.29, 0.717) is 12.1 Å². The highest BCUT2D eigenvalue weighted by molar-refractivity contribution is 5.83. The summed E-state index contributed by atoms with van der Waals surface area (Å²) in [6.07, 6.45) is 2.36. The van der Waals surface area contributed by atoms with Gasteiger partial charge in [-0.1, -0.05) is 0 Å². The highest BCUT2D eigenvalue weighted by atomic mass is 15.2. The predicted octanol–water partition coefficient (Wildman–Crippen LogP) is 1.89. The van der Waals surface area contributed by atoms with Gasteiger partial charge in [0.2, 0.25) is 0 Å². The molecule has 1 rings (SSSR count). The molecular formula is C12H25N3. The molecule has 0 amide bonds. The summed E-state index contributed by atoms with van der Waals surface area (Å²) in [5.74, 6) is 1.21. The molecule has 1 aliphatic heterocycles. The van der Waals surface area contributed by atoms with E-state index in [9.17, 15) is 0 Å². The first-order valence-corrected chi connectivity index (χ1v) is 6.14. The third-order valence-electron chi connectivity index (χ3n) is 2.90. The fourth-order valence-corrected chi connectivity index (χ4v) is 2.13. The summed E-state index contributed by atoms with van der Waals surface area (Å²) in [6, 6.07) is 1.25. The first kappa shape index (κ1) is 12.5. The van der Waals surface area contributed by atoms with Gasteiger partial charge < -0.3 is 5.32 Å². The Morgan fingerprint density at radius 1 is 1.27 bits per heavy atom. The monoisotopic (exact) mass is 211 g/mol. The van der Waals surface area contributed by atoms with Crippen molar-refractivity contribution in [1.82, 2.24) is 10.2 Å². The van der Waals surface area contributed by atoms with Crippen LogP contribution < -0.4 is 5.32 Å². The summed E-state index contributed by atoms with van der Waals surface area (Å²) in [6.45, 7) is 12.2. The van der Waals surface area contributed by atoms with E-state index in [1.807, 2.05) is 0 Å². The van der Waals surface area contributed by atoms with Crippen LogP contribution in [-0.2, 0) is 0 Å². The summed E-state index contributed by atoms with van der Waals surface area (Å²) in [7, 11) is 0. The molecule has 0 atom stereocenters. The Kier molecular flexibility index (Phi) is 5.09. The van der Waals surface area contributed by atoms with Crippen LogP contribution in [0.5, 0.6) is 0 Å². The normalized spacial score (nSPS) is 16.6. The fourth-order valence-electron chi connectivity index (χ4n) is 2.13. The van der Waals surface area contributed by atoms with E-state index >= 15 is 0 Å². The van der Waals surface area contributed by atoms with E-state index in [-0.39, 0.29) is 0 Å². The molecule has 0 aromatic rings. The zero-order valence-electron chi connectivity index (χ0n) is 10.6. The fraction of sp³-hybridized carbons (Fsp3) is 0.917. The van der Waals surface area contributed by atoms with Crippen LogP contribution >= 0.6 is 0 Å². The third kappa shape index (κ3) is 4.20. The summed E-state index contributed by atoms with van der Waals surface area (Å²) in [5, 5.41) is 3.43. The van der Waals surface area contributed by atoms with Crippen LogP contribution in [0.2, 0.25) is 0 Å². The molecule has 0 aliphatic carbocycles. The van der Waals surface area contributed by atoms with Gasteiger partial charge in [-0.25, -0.2) is 0 Å². The molecule has 0 saturated carbocycles. The number of nitrogens with zero attached hydrogens (tertiary/aromatic N) is 2. The van der Waals surface area contributed by atoms with Crippen LogP contribution in [-0.4, -0.2) is 42.5 Å². The van der Waals surface area contributed by atoms with Crippen molar-refractivity contribution in [3.63, 3.8) is 0 Å². The van der Waals surface area contributed by atoms with Gasteiger partial charge >= 0.3 is 0 Å². The van der Waals surface area contributed by atoms with Crippen LogP contribution in [0.4, 0.5) is 0 Å². The number of hydrogen-bond acceptors (Lipinski definition) is 3. The van der Waals surface area contributed by atoms with Crippen LogP contribution in [0.25, 0.3) is 0 Å². The van der Waals surface area contributed by atoms with Crippen molar-refractivity contribution < 1.29 is 0 Å². The van der Waals surface area contributed by atoms with Gasteiger partial charge in [0.05, 0.1) is 5.84 Å². The Bertz CT molecular complexity index is 201. The molecule has 0 unspecified atom stereocenters. The molecule has 0 bridgehead atoms. The quantitative estimate of drug-likeness (QED) is 0.752. The smallest absolute Gasteiger partial charge is 0.0964 e. The van der Waals surface area contributed by atoms with Gasteiger partial charge in [0.25, 0.3) is 0 Å². The largest absolute Gasteiger partial charge is 0.373 e. The first-order valence-electron chi connectivity index (χ1n) is 6.14. The van der Waals surface area contributed by atoms with E-state index in [0.717, 1.165) is 26.1 Å². The molecule has 1 heterocycles. The number of aliphatic imine (C=N–C) groups is 1. The van der Waals surface area contributed by atoms with Crippen molar-refractivity contribution in [3.05, 3.63) is 0 Å². The van der Waals surface area contributed by atoms with E-state index in [4.69, 9.17) is 0 Å². The Hall–Kier alpha value is -0.570. The van der Waals surface area contributed by atoms with Crippen LogP contribution in [0.1, 0.15) is 40.5 Å². The molecule has 1 N–H and O–H groups in total. The lowest BCUT2D eigenvalue weighted by molar-refractivity contribution is 0.178. The van der Waals surface area contributed by atoms with Gasteiger partial charge in [-0.15, -0.1) is 0 Å². The van der Waals surface area contributed by atoms with Crippen LogP contribution in [0.3, 0.4) is 0 Å². The second kappa shape index (κ2) is 6.11. The topological polar surface area (TPSA) is 27.6 Å². The number of amidine groups is 1. The summed E-state index contributed by atoms with van der Waals surface area (Å²) in [5.41, 5.74) is 0. The molecule has 3 heteroatoms. The van der Waals surface area contributed by atoms with Crippen molar-refractivity contribution in [3.8, 4) is 0 Å². The lowest BCUT2D eigenvalue weighted by Gasteiger charge is -2.30. The van der Waals surface area contributed by atoms with Crippen LogP contribution in [0.15, 0.2) is 4.99 Å². The maximum Gasteiger partial charge on any atom is 0.0964 e. The van der Waals surface area contributed by atoms with Crippen molar-refractivity contribution in [1.29, 1.82) is 0 Å². The molecule has 3 nitrogen and oxygen atoms in total. The molecular weight excluding hydrogens is 186 g/mol. The molecule has 88 valence electrons. The maximum atomic E-state index is 4.41. The first-order chi connectivity index (χ1) is 7.11. The van der Waals surface area contributed by atoms with Gasteiger partial charge in [0, 0.05) is 38.1 Å². The molecule has 0 spiro atoms. The van der Waals surface area contributed by atoms with Gasteiger partial charge in [-0.05, 0) is 34.1 Å². The Labute approximate surface area is 94.0 Å². The third-order valence-corrected chi connectivity index (χ3v) is 2.90. The number of rotatable bonds is 5. The van der Waals surface area contributed by atoms with E-state index in [1.165, 1.54) is 12.3 Å².